The Balaban J connectivity index is 2.26. The highest BCUT2D eigenvalue weighted by atomic mass is 35.7. The summed E-state index contributed by atoms with van der Waals surface area (Å²) in [4.78, 5) is 0. The third kappa shape index (κ3) is 1.71. The molecule has 0 unspecified atom stereocenters. The maximum Gasteiger partial charge on any atom is 0.299 e. The molecule has 2 rings (SSSR count). The van der Waals surface area contributed by atoms with E-state index in [9.17, 15) is 8.42 Å². The topological polar surface area (TPSA) is 65.7 Å². The number of furan rings is 1. The Morgan fingerprint density at radius 3 is 2.36 bits per heavy atom. The molecule has 14 heavy (non-hydrogen) atoms. The highest BCUT2D eigenvalue weighted by Crippen LogP contribution is 2.28. The second-order valence-electron chi connectivity index (χ2n) is 2.47. The van der Waals surface area contributed by atoms with Gasteiger partial charge in [0.2, 0.25) is 5.09 Å². The van der Waals surface area contributed by atoms with E-state index in [1.807, 2.05) is 0 Å². The standard InChI is InChI=1S/C7H5ClO5S/c8-14(9,10)6-2-1-5(13-6)7-11-3-4-12-7/h1-4,7H. The Hall–Kier alpha value is -1.14. The molecule has 0 aromatic carbocycles. The minimum Gasteiger partial charge on any atom is -0.452 e. The molecule has 0 saturated heterocycles. The van der Waals surface area contributed by atoms with Crippen molar-refractivity contribution in [2.24, 2.45) is 0 Å². The van der Waals surface area contributed by atoms with Crippen molar-refractivity contribution in [2.45, 2.75) is 11.4 Å². The molecule has 0 spiro atoms. The molecule has 0 fully saturated rings. The predicted octanol–water partition coefficient (Wildman–Crippen LogP) is 1.72. The van der Waals surface area contributed by atoms with E-state index >= 15 is 0 Å². The van der Waals surface area contributed by atoms with E-state index in [1.165, 1.54) is 24.7 Å². The van der Waals surface area contributed by atoms with Crippen molar-refractivity contribution in [1.29, 1.82) is 0 Å². The third-order valence-electron chi connectivity index (χ3n) is 1.53. The zero-order chi connectivity index (χ0) is 10.2. The molecule has 5 nitrogen and oxygen atoms in total. The van der Waals surface area contributed by atoms with Crippen molar-refractivity contribution in [3.05, 3.63) is 30.4 Å². The minimum atomic E-state index is -3.84. The lowest BCUT2D eigenvalue weighted by atomic mass is 10.4. The molecule has 76 valence electrons. The highest BCUT2D eigenvalue weighted by Gasteiger charge is 2.23. The normalized spacial score (nSPS) is 16.6. The second-order valence-corrected chi connectivity index (χ2v) is 4.97. The Bertz CT molecular complexity index is 452. The Kier molecular flexibility index (Phi) is 2.16. The largest absolute Gasteiger partial charge is 0.452 e. The van der Waals surface area contributed by atoms with Crippen molar-refractivity contribution >= 4 is 19.7 Å². The Labute approximate surface area is 84.3 Å². The van der Waals surface area contributed by atoms with Gasteiger partial charge in [0.1, 0.15) is 12.5 Å². The molecule has 0 saturated carbocycles. The molecule has 1 aliphatic heterocycles. The van der Waals surface area contributed by atoms with Gasteiger partial charge in [-0.2, -0.15) is 0 Å². The molecule has 0 atom stereocenters. The lowest BCUT2D eigenvalue weighted by molar-refractivity contribution is -0.0424. The smallest absolute Gasteiger partial charge is 0.299 e. The summed E-state index contributed by atoms with van der Waals surface area (Å²) in [6, 6.07) is 2.66. The summed E-state index contributed by atoms with van der Waals surface area (Å²) >= 11 is 0. The van der Waals surface area contributed by atoms with Crippen molar-refractivity contribution in [2.75, 3.05) is 0 Å². The minimum absolute atomic E-state index is 0.245. The summed E-state index contributed by atoms with van der Waals surface area (Å²) in [7, 11) is 1.22. The van der Waals surface area contributed by atoms with Crippen molar-refractivity contribution in [1.82, 2.24) is 0 Å². The highest BCUT2D eigenvalue weighted by molar-refractivity contribution is 8.13. The first-order valence-corrected chi connectivity index (χ1v) is 5.88. The van der Waals surface area contributed by atoms with Crippen LogP contribution in [0.2, 0.25) is 0 Å². The van der Waals surface area contributed by atoms with Crippen molar-refractivity contribution in [3.63, 3.8) is 0 Å². The van der Waals surface area contributed by atoms with Gasteiger partial charge in [0.15, 0.2) is 5.76 Å². The zero-order valence-electron chi connectivity index (χ0n) is 6.71. The second kappa shape index (κ2) is 3.21. The van der Waals surface area contributed by atoms with Crippen LogP contribution in [0.1, 0.15) is 12.1 Å². The van der Waals surface area contributed by atoms with E-state index in [0.29, 0.717) is 0 Å². The molecule has 1 aromatic heterocycles. The van der Waals surface area contributed by atoms with Gasteiger partial charge in [-0.15, -0.1) is 0 Å². The third-order valence-corrected chi connectivity index (χ3v) is 2.69. The first-order valence-electron chi connectivity index (χ1n) is 3.58. The van der Waals surface area contributed by atoms with Gasteiger partial charge in [0.05, 0.1) is 0 Å². The number of halogens is 1. The van der Waals surface area contributed by atoms with Gasteiger partial charge in [0, 0.05) is 10.7 Å². The van der Waals surface area contributed by atoms with Gasteiger partial charge < -0.3 is 13.9 Å². The van der Waals surface area contributed by atoms with Crippen LogP contribution >= 0.6 is 10.7 Å². The van der Waals surface area contributed by atoms with E-state index in [-0.39, 0.29) is 10.9 Å². The lowest BCUT2D eigenvalue weighted by Gasteiger charge is -2.05. The molecular formula is C7H5ClO5S. The van der Waals surface area contributed by atoms with Crippen LogP contribution < -0.4 is 0 Å². The van der Waals surface area contributed by atoms with Gasteiger partial charge in [-0.05, 0) is 12.1 Å². The summed E-state index contributed by atoms with van der Waals surface area (Å²) in [5.41, 5.74) is 0. The number of hydrogen-bond acceptors (Lipinski definition) is 5. The fourth-order valence-corrected chi connectivity index (χ4v) is 1.64. The Morgan fingerprint density at radius 2 is 1.86 bits per heavy atom. The van der Waals surface area contributed by atoms with E-state index in [2.05, 4.69) is 0 Å². The summed E-state index contributed by atoms with van der Waals surface area (Å²) in [5.74, 6) is 0.245. The molecule has 0 radical (unpaired) electrons. The van der Waals surface area contributed by atoms with Crippen LogP contribution in [-0.2, 0) is 18.5 Å². The lowest BCUT2D eigenvalue weighted by Crippen LogP contribution is -1.95. The maximum atomic E-state index is 10.8. The molecule has 0 amide bonds. The summed E-state index contributed by atoms with van der Waals surface area (Å²) in [6.45, 7) is 0. The van der Waals surface area contributed by atoms with Gasteiger partial charge in [-0.25, -0.2) is 8.42 Å². The van der Waals surface area contributed by atoms with Gasteiger partial charge in [0.25, 0.3) is 15.3 Å². The predicted molar refractivity (Wildman–Crippen MR) is 45.8 cm³/mol. The van der Waals surface area contributed by atoms with E-state index in [0.717, 1.165) is 0 Å². The number of hydrogen-bond donors (Lipinski definition) is 0. The zero-order valence-corrected chi connectivity index (χ0v) is 8.29. The first-order chi connectivity index (χ1) is 6.57. The maximum absolute atomic E-state index is 10.8. The van der Waals surface area contributed by atoms with Gasteiger partial charge >= 0.3 is 0 Å². The van der Waals surface area contributed by atoms with Crippen LogP contribution in [0.25, 0.3) is 0 Å². The fraction of sp³-hybridized carbons (Fsp3) is 0.143. The number of ether oxygens (including phenoxy) is 2. The molecule has 7 heteroatoms. The van der Waals surface area contributed by atoms with E-state index in [4.69, 9.17) is 24.6 Å². The SMILES string of the molecule is O=S(=O)(Cl)c1ccc(C2OC=CO2)o1. The first kappa shape index (κ1) is 9.42. The molecule has 0 bridgehead atoms. The Morgan fingerprint density at radius 1 is 1.21 bits per heavy atom. The molecule has 2 heterocycles. The monoisotopic (exact) mass is 236 g/mol. The van der Waals surface area contributed by atoms with Gasteiger partial charge in [-0.3, -0.25) is 0 Å². The van der Waals surface area contributed by atoms with Gasteiger partial charge in [-0.1, -0.05) is 0 Å². The van der Waals surface area contributed by atoms with Crippen molar-refractivity contribution in [3.8, 4) is 0 Å². The van der Waals surface area contributed by atoms with E-state index in [1.54, 1.807) is 0 Å². The van der Waals surface area contributed by atoms with Crippen LogP contribution in [0, 0.1) is 0 Å². The van der Waals surface area contributed by atoms with Crippen LogP contribution in [0.5, 0.6) is 0 Å². The van der Waals surface area contributed by atoms with Crippen LogP contribution in [0.4, 0.5) is 0 Å². The molecule has 0 aliphatic carbocycles. The molecule has 0 N–H and O–H groups in total. The summed E-state index contributed by atoms with van der Waals surface area (Å²) in [5, 5.41) is -0.326. The van der Waals surface area contributed by atoms with Crippen molar-refractivity contribution < 1.29 is 22.3 Å². The average Bonchev–Trinajstić information content (AvgIpc) is 2.73. The van der Waals surface area contributed by atoms with Crippen LogP contribution in [0.15, 0.2) is 34.2 Å². The molecule has 1 aliphatic rings. The average molecular weight is 237 g/mol. The van der Waals surface area contributed by atoms with Crippen LogP contribution in [-0.4, -0.2) is 8.42 Å². The molecular weight excluding hydrogens is 232 g/mol. The quantitative estimate of drug-likeness (QED) is 0.732. The fourth-order valence-electron chi connectivity index (χ4n) is 0.965. The number of rotatable bonds is 2. The van der Waals surface area contributed by atoms with Crippen LogP contribution in [0.3, 0.4) is 0 Å². The van der Waals surface area contributed by atoms with E-state index < -0.39 is 15.3 Å². The summed E-state index contributed by atoms with van der Waals surface area (Å²) < 4.78 is 36.5. The molecule has 1 aromatic rings. The summed E-state index contributed by atoms with van der Waals surface area (Å²) in [6.07, 6.45) is 1.94.